The van der Waals surface area contributed by atoms with E-state index in [0.29, 0.717) is 0 Å². The van der Waals surface area contributed by atoms with Crippen LogP contribution in [0.4, 0.5) is 5.69 Å². The van der Waals surface area contributed by atoms with Gasteiger partial charge in [0.2, 0.25) is 5.91 Å². The molecule has 0 saturated carbocycles. The van der Waals surface area contributed by atoms with Crippen molar-refractivity contribution in [2.75, 3.05) is 5.32 Å². The number of anilines is 1. The molecule has 13 heavy (non-hydrogen) atoms. The second kappa shape index (κ2) is 2.87. The molecule has 1 aromatic carbocycles. The second-order valence-electron chi connectivity index (χ2n) is 3.70. The van der Waals surface area contributed by atoms with Gasteiger partial charge in [-0.1, -0.05) is 25.1 Å². The number of amides is 1. The number of rotatable bonds is 0. The normalized spacial score (nSPS) is 20.8. The zero-order valence-electron chi connectivity index (χ0n) is 7.92. The number of hydrogen-bond acceptors (Lipinski definition) is 1. The zero-order valence-corrected chi connectivity index (χ0v) is 7.92. The van der Waals surface area contributed by atoms with E-state index < -0.39 is 0 Å². The molecule has 0 fully saturated rings. The predicted octanol–water partition coefficient (Wildman–Crippen LogP) is 2.13. The molecule has 0 spiro atoms. The van der Waals surface area contributed by atoms with Crippen molar-refractivity contribution in [1.29, 1.82) is 0 Å². The highest BCUT2D eigenvalue weighted by molar-refractivity contribution is 5.96. The van der Waals surface area contributed by atoms with Crippen LogP contribution in [0.1, 0.15) is 18.1 Å². The summed E-state index contributed by atoms with van der Waals surface area (Å²) in [5.41, 5.74) is 3.43. The van der Waals surface area contributed by atoms with Gasteiger partial charge in [-0.15, -0.1) is 0 Å². The van der Waals surface area contributed by atoms with Crippen LogP contribution in [0.2, 0.25) is 0 Å². The fourth-order valence-corrected chi connectivity index (χ4v) is 1.75. The number of benzene rings is 1. The highest BCUT2D eigenvalue weighted by atomic mass is 16.1. The molecular formula is C11H13NO. The molecule has 0 aliphatic carbocycles. The van der Waals surface area contributed by atoms with Gasteiger partial charge < -0.3 is 5.32 Å². The van der Waals surface area contributed by atoms with Crippen molar-refractivity contribution < 1.29 is 4.79 Å². The third kappa shape index (κ3) is 1.32. The van der Waals surface area contributed by atoms with E-state index in [1.54, 1.807) is 0 Å². The van der Waals surface area contributed by atoms with Crippen molar-refractivity contribution >= 4 is 11.6 Å². The molecule has 1 heterocycles. The molecule has 0 bridgehead atoms. The summed E-state index contributed by atoms with van der Waals surface area (Å²) in [6.45, 7) is 3.98. The number of carbonyl (C=O) groups excluding carboxylic acids is 1. The fraction of sp³-hybridized carbons (Fsp3) is 0.364. The Morgan fingerprint density at radius 2 is 2.23 bits per heavy atom. The third-order valence-corrected chi connectivity index (χ3v) is 2.58. The van der Waals surface area contributed by atoms with E-state index in [1.165, 1.54) is 5.56 Å². The molecule has 1 amide bonds. The molecule has 1 unspecified atom stereocenters. The lowest BCUT2D eigenvalue weighted by molar-refractivity contribution is -0.119. The molecule has 1 N–H and O–H groups in total. The van der Waals surface area contributed by atoms with E-state index in [9.17, 15) is 4.79 Å². The lowest BCUT2D eigenvalue weighted by Crippen LogP contribution is -2.28. The first kappa shape index (κ1) is 8.30. The van der Waals surface area contributed by atoms with E-state index in [0.717, 1.165) is 17.7 Å². The van der Waals surface area contributed by atoms with Gasteiger partial charge in [0, 0.05) is 11.6 Å². The third-order valence-electron chi connectivity index (χ3n) is 2.58. The molecule has 2 rings (SSSR count). The van der Waals surface area contributed by atoms with Crippen LogP contribution in [-0.4, -0.2) is 5.91 Å². The van der Waals surface area contributed by atoms with Crippen LogP contribution in [0.25, 0.3) is 0 Å². The lowest BCUT2D eigenvalue weighted by atomic mass is 9.93. The summed E-state index contributed by atoms with van der Waals surface area (Å²) >= 11 is 0. The Morgan fingerprint density at radius 1 is 1.46 bits per heavy atom. The fourth-order valence-electron chi connectivity index (χ4n) is 1.75. The first-order valence-electron chi connectivity index (χ1n) is 4.58. The van der Waals surface area contributed by atoms with Crippen molar-refractivity contribution in [3.05, 3.63) is 29.3 Å². The van der Waals surface area contributed by atoms with E-state index in [4.69, 9.17) is 0 Å². The van der Waals surface area contributed by atoms with Crippen LogP contribution in [0.3, 0.4) is 0 Å². The number of para-hydroxylation sites is 1. The summed E-state index contributed by atoms with van der Waals surface area (Å²) in [4.78, 5) is 11.4. The Morgan fingerprint density at radius 3 is 3.00 bits per heavy atom. The lowest BCUT2D eigenvalue weighted by Gasteiger charge is -2.23. The molecule has 1 aliphatic rings. The maximum Gasteiger partial charge on any atom is 0.227 e. The molecule has 0 radical (unpaired) electrons. The highest BCUT2D eigenvalue weighted by Gasteiger charge is 2.22. The summed E-state index contributed by atoms with van der Waals surface area (Å²) in [5, 5.41) is 2.94. The van der Waals surface area contributed by atoms with Crippen LogP contribution < -0.4 is 5.32 Å². The van der Waals surface area contributed by atoms with E-state index in [-0.39, 0.29) is 11.8 Å². The molecule has 2 nitrogen and oxygen atoms in total. The number of nitrogens with one attached hydrogen (secondary N) is 1. The largest absolute Gasteiger partial charge is 0.325 e. The van der Waals surface area contributed by atoms with Gasteiger partial charge >= 0.3 is 0 Å². The second-order valence-corrected chi connectivity index (χ2v) is 3.70. The highest BCUT2D eigenvalue weighted by Crippen LogP contribution is 2.27. The molecule has 68 valence electrons. The van der Waals surface area contributed by atoms with Gasteiger partial charge in [0.25, 0.3) is 0 Å². The van der Waals surface area contributed by atoms with Crippen molar-refractivity contribution in [3.63, 3.8) is 0 Å². The average molecular weight is 175 g/mol. The van der Waals surface area contributed by atoms with Crippen LogP contribution in [0.15, 0.2) is 18.2 Å². The Bertz CT molecular complexity index is 357. The van der Waals surface area contributed by atoms with E-state index >= 15 is 0 Å². The van der Waals surface area contributed by atoms with Gasteiger partial charge in [0.1, 0.15) is 0 Å². The first-order valence-corrected chi connectivity index (χ1v) is 4.58. The molecule has 1 atom stereocenters. The molecule has 0 aromatic heterocycles. The minimum absolute atomic E-state index is 0.106. The van der Waals surface area contributed by atoms with Gasteiger partial charge in [-0.25, -0.2) is 0 Å². The molecule has 2 heteroatoms. The van der Waals surface area contributed by atoms with Crippen LogP contribution in [0, 0.1) is 12.8 Å². The van der Waals surface area contributed by atoms with Crippen molar-refractivity contribution in [3.8, 4) is 0 Å². The van der Waals surface area contributed by atoms with Crippen molar-refractivity contribution in [2.24, 2.45) is 5.92 Å². The number of aryl methyl sites for hydroxylation is 1. The minimum Gasteiger partial charge on any atom is -0.325 e. The molecule has 0 saturated heterocycles. The van der Waals surface area contributed by atoms with Gasteiger partial charge in [0.15, 0.2) is 0 Å². The molecule has 1 aliphatic heterocycles. The molecule has 1 aromatic rings. The summed E-state index contributed by atoms with van der Waals surface area (Å²) < 4.78 is 0. The number of hydrogen-bond donors (Lipinski definition) is 1. The first-order chi connectivity index (χ1) is 6.18. The van der Waals surface area contributed by atoms with Crippen LogP contribution in [0.5, 0.6) is 0 Å². The van der Waals surface area contributed by atoms with Gasteiger partial charge in [0.05, 0.1) is 0 Å². The van der Waals surface area contributed by atoms with Crippen LogP contribution in [-0.2, 0) is 11.2 Å². The van der Waals surface area contributed by atoms with Crippen molar-refractivity contribution in [1.82, 2.24) is 0 Å². The zero-order chi connectivity index (χ0) is 9.42. The van der Waals surface area contributed by atoms with Crippen LogP contribution >= 0.6 is 0 Å². The Balaban J connectivity index is 2.48. The molecular weight excluding hydrogens is 162 g/mol. The van der Waals surface area contributed by atoms with Gasteiger partial charge in [-0.2, -0.15) is 0 Å². The smallest absolute Gasteiger partial charge is 0.227 e. The van der Waals surface area contributed by atoms with Gasteiger partial charge in [-0.05, 0) is 24.5 Å². The maximum absolute atomic E-state index is 11.4. The topological polar surface area (TPSA) is 29.1 Å². The quantitative estimate of drug-likeness (QED) is 0.643. The standard InChI is InChI=1S/C11H13NO/c1-7-4-3-5-9-6-8(2)11(13)12-10(7)9/h3-5,8H,6H2,1-2H3,(H,12,13). The monoisotopic (exact) mass is 175 g/mol. The van der Waals surface area contributed by atoms with E-state index in [1.807, 2.05) is 26.0 Å². The average Bonchev–Trinajstić information content (AvgIpc) is 2.09. The van der Waals surface area contributed by atoms with Crippen molar-refractivity contribution in [2.45, 2.75) is 20.3 Å². The summed E-state index contributed by atoms with van der Waals surface area (Å²) in [5.74, 6) is 0.246. The Kier molecular flexibility index (Phi) is 1.83. The summed E-state index contributed by atoms with van der Waals surface area (Å²) in [7, 11) is 0. The number of fused-ring (bicyclic) bond motifs is 1. The SMILES string of the molecule is Cc1cccc2c1NC(=O)C(C)C2. The Labute approximate surface area is 78.0 Å². The van der Waals surface area contributed by atoms with E-state index in [2.05, 4.69) is 11.4 Å². The minimum atomic E-state index is 0.106. The van der Waals surface area contributed by atoms with Gasteiger partial charge in [-0.3, -0.25) is 4.79 Å². The maximum atomic E-state index is 11.4. The number of carbonyl (C=O) groups is 1. The summed E-state index contributed by atoms with van der Waals surface area (Å²) in [6, 6.07) is 6.14. The predicted molar refractivity (Wildman–Crippen MR) is 52.7 cm³/mol. The summed E-state index contributed by atoms with van der Waals surface area (Å²) in [6.07, 6.45) is 0.864. The Hall–Kier alpha value is -1.31.